The standard InChI is InChI=1S/C19H19F3N2O3/c1-12-5-2-3-6-15(12)27-10-4-7-16(25)23-11-17(26)24-14-9-8-13(20)18(21)19(14)22/h2-3,5-6,8-9H,4,7,10-11H2,1H3,(H,23,25)(H,24,26). The maximum Gasteiger partial charge on any atom is 0.243 e. The number of carbonyl (C=O) groups is 2. The van der Waals surface area contributed by atoms with Crippen LogP contribution in [0.5, 0.6) is 5.75 Å². The highest BCUT2D eigenvalue weighted by molar-refractivity contribution is 5.94. The number of nitrogens with one attached hydrogen (secondary N) is 2. The minimum absolute atomic E-state index is 0.138. The second-order valence-corrected chi connectivity index (χ2v) is 5.77. The summed E-state index contributed by atoms with van der Waals surface area (Å²) >= 11 is 0. The van der Waals surface area contributed by atoms with Crippen molar-refractivity contribution in [2.24, 2.45) is 0 Å². The second-order valence-electron chi connectivity index (χ2n) is 5.77. The largest absolute Gasteiger partial charge is 0.493 e. The maximum absolute atomic E-state index is 13.5. The van der Waals surface area contributed by atoms with Gasteiger partial charge in [0.1, 0.15) is 5.75 Å². The topological polar surface area (TPSA) is 67.4 Å². The Morgan fingerprint density at radius 3 is 2.48 bits per heavy atom. The zero-order valence-electron chi connectivity index (χ0n) is 14.7. The van der Waals surface area contributed by atoms with E-state index in [1.165, 1.54) is 0 Å². The third-order valence-electron chi connectivity index (χ3n) is 3.65. The van der Waals surface area contributed by atoms with Crippen molar-refractivity contribution in [3.63, 3.8) is 0 Å². The van der Waals surface area contributed by atoms with Gasteiger partial charge in [-0.3, -0.25) is 9.59 Å². The highest BCUT2D eigenvalue weighted by atomic mass is 19.2. The van der Waals surface area contributed by atoms with Gasteiger partial charge >= 0.3 is 0 Å². The molecule has 2 aromatic carbocycles. The Morgan fingerprint density at radius 1 is 1.00 bits per heavy atom. The van der Waals surface area contributed by atoms with Crippen molar-refractivity contribution in [1.82, 2.24) is 5.32 Å². The summed E-state index contributed by atoms with van der Waals surface area (Å²) in [5.74, 6) is -4.93. The zero-order valence-corrected chi connectivity index (χ0v) is 14.7. The van der Waals surface area contributed by atoms with E-state index in [-0.39, 0.29) is 12.3 Å². The van der Waals surface area contributed by atoms with E-state index in [9.17, 15) is 22.8 Å². The minimum Gasteiger partial charge on any atom is -0.493 e. The molecule has 144 valence electrons. The summed E-state index contributed by atoms with van der Waals surface area (Å²) in [5.41, 5.74) is 0.489. The average molecular weight is 380 g/mol. The summed E-state index contributed by atoms with van der Waals surface area (Å²) in [5, 5.41) is 4.43. The Labute approximate surface area is 154 Å². The predicted molar refractivity (Wildman–Crippen MR) is 93.9 cm³/mol. The number of hydrogen-bond acceptors (Lipinski definition) is 3. The lowest BCUT2D eigenvalue weighted by molar-refractivity contribution is -0.124. The molecule has 0 aliphatic rings. The molecular weight excluding hydrogens is 361 g/mol. The van der Waals surface area contributed by atoms with Crippen LogP contribution in [0, 0.1) is 24.4 Å². The van der Waals surface area contributed by atoms with Crippen LogP contribution in [0.3, 0.4) is 0 Å². The van der Waals surface area contributed by atoms with Gasteiger partial charge in [-0.2, -0.15) is 0 Å². The van der Waals surface area contributed by atoms with Gasteiger partial charge in [0, 0.05) is 6.42 Å². The Bertz CT molecular complexity index is 828. The number of benzene rings is 2. The van der Waals surface area contributed by atoms with Crippen molar-refractivity contribution < 1.29 is 27.5 Å². The lowest BCUT2D eigenvalue weighted by atomic mass is 10.2. The highest BCUT2D eigenvalue weighted by Gasteiger charge is 2.15. The van der Waals surface area contributed by atoms with E-state index in [0.29, 0.717) is 19.1 Å². The van der Waals surface area contributed by atoms with Gasteiger partial charge in [0.2, 0.25) is 11.8 Å². The first kappa shape index (κ1) is 20.3. The van der Waals surface area contributed by atoms with Crippen molar-refractivity contribution in [1.29, 1.82) is 0 Å². The molecule has 0 aromatic heterocycles. The van der Waals surface area contributed by atoms with Crippen molar-refractivity contribution >= 4 is 17.5 Å². The van der Waals surface area contributed by atoms with Crippen LogP contribution in [0.4, 0.5) is 18.9 Å². The number of halogens is 3. The second kappa shape index (κ2) is 9.61. The van der Waals surface area contributed by atoms with Crippen molar-refractivity contribution in [3.8, 4) is 5.75 Å². The number of rotatable bonds is 8. The van der Waals surface area contributed by atoms with Gasteiger partial charge in [-0.1, -0.05) is 18.2 Å². The number of hydrogen-bond donors (Lipinski definition) is 2. The van der Waals surface area contributed by atoms with E-state index in [1.807, 2.05) is 31.2 Å². The summed E-state index contributed by atoms with van der Waals surface area (Å²) < 4.78 is 45.0. The fourth-order valence-electron chi connectivity index (χ4n) is 2.22. The van der Waals surface area contributed by atoms with E-state index in [4.69, 9.17) is 4.74 Å². The fraction of sp³-hybridized carbons (Fsp3) is 0.263. The normalized spacial score (nSPS) is 10.4. The van der Waals surface area contributed by atoms with E-state index in [2.05, 4.69) is 10.6 Å². The molecule has 0 aliphatic heterocycles. The highest BCUT2D eigenvalue weighted by Crippen LogP contribution is 2.19. The van der Waals surface area contributed by atoms with E-state index < -0.39 is 35.6 Å². The van der Waals surface area contributed by atoms with E-state index in [1.54, 1.807) is 0 Å². The number of ether oxygens (including phenoxy) is 1. The van der Waals surface area contributed by atoms with E-state index in [0.717, 1.165) is 17.4 Å². The average Bonchev–Trinajstić information content (AvgIpc) is 2.65. The monoisotopic (exact) mass is 380 g/mol. The van der Waals surface area contributed by atoms with Crippen LogP contribution < -0.4 is 15.4 Å². The summed E-state index contributed by atoms with van der Waals surface area (Å²) in [4.78, 5) is 23.4. The first-order valence-electron chi connectivity index (χ1n) is 8.27. The summed E-state index contributed by atoms with van der Waals surface area (Å²) in [6.07, 6.45) is 0.582. The molecule has 2 amide bonds. The van der Waals surface area contributed by atoms with Gasteiger partial charge in [0.25, 0.3) is 0 Å². The molecule has 0 saturated carbocycles. The predicted octanol–water partition coefficient (Wildman–Crippen LogP) is 3.33. The van der Waals surface area contributed by atoms with Crippen molar-refractivity contribution in [2.45, 2.75) is 19.8 Å². The van der Waals surface area contributed by atoms with Gasteiger partial charge in [0.15, 0.2) is 17.5 Å². The number of carbonyl (C=O) groups excluding carboxylic acids is 2. The molecule has 0 atom stereocenters. The Morgan fingerprint density at radius 2 is 1.74 bits per heavy atom. The van der Waals surface area contributed by atoms with Crippen LogP contribution in [-0.2, 0) is 9.59 Å². The Kier molecular flexibility index (Phi) is 7.22. The Hall–Kier alpha value is -3.03. The Balaban J connectivity index is 1.68. The first-order chi connectivity index (χ1) is 12.9. The molecule has 0 radical (unpaired) electrons. The molecule has 2 N–H and O–H groups in total. The quantitative estimate of drug-likeness (QED) is 0.545. The lowest BCUT2D eigenvalue weighted by Gasteiger charge is -2.10. The number of amides is 2. The first-order valence-corrected chi connectivity index (χ1v) is 8.27. The fourth-order valence-corrected chi connectivity index (χ4v) is 2.22. The van der Waals surface area contributed by atoms with Gasteiger partial charge in [-0.15, -0.1) is 0 Å². The molecule has 2 aromatic rings. The lowest BCUT2D eigenvalue weighted by Crippen LogP contribution is -2.33. The SMILES string of the molecule is Cc1ccccc1OCCCC(=O)NCC(=O)Nc1ccc(F)c(F)c1F. The van der Waals surface area contributed by atoms with Gasteiger partial charge in [-0.05, 0) is 37.1 Å². The molecular formula is C19H19F3N2O3. The number of anilines is 1. The molecule has 0 bridgehead atoms. The molecule has 2 rings (SSSR count). The maximum atomic E-state index is 13.5. The molecule has 5 nitrogen and oxygen atoms in total. The van der Waals surface area contributed by atoms with Crippen LogP contribution in [0.15, 0.2) is 36.4 Å². The number of para-hydroxylation sites is 1. The van der Waals surface area contributed by atoms with Crippen LogP contribution in [-0.4, -0.2) is 25.0 Å². The summed E-state index contributed by atoms with van der Waals surface area (Å²) in [6.45, 7) is 1.83. The summed E-state index contributed by atoms with van der Waals surface area (Å²) in [6, 6.07) is 9.08. The third kappa shape index (κ3) is 6.02. The van der Waals surface area contributed by atoms with Crippen LogP contribution in [0.25, 0.3) is 0 Å². The van der Waals surface area contributed by atoms with Crippen LogP contribution in [0.1, 0.15) is 18.4 Å². The van der Waals surface area contributed by atoms with Crippen LogP contribution >= 0.6 is 0 Å². The molecule has 0 aliphatic carbocycles. The molecule has 0 spiro atoms. The smallest absolute Gasteiger partial charge is 0.243 e. The molecule has 0 heterocycles. The molecule has 8 heteroatoms. The van der Waals surface area contributed by atoms with Gasteiger partial charge < -0.3 is 15.4 Å². The zero-order chi connectivity index (χ0) is 19.8. The van der Waals surface area contributed by atoms with Crippen molar-refractivity contribution in [2.75, 3.05) is 18.5 Å². The molecule has 0 fully saturated rings. The minimum atomic E-state index is -1.68. The van der Waals surface area contributed by atoms with Crippen molar-refractivity contribution in [3.05, 3.63) is 59.4 Å². The van der Waals surface area contributed by atoms with E-state index >= 15 is 0 Å². The molecule has 0 unspecified atom stereocenters. The molecule has 0 saturated heterocycles. The molecule has 27 heavy (non-hydrogen) atoms. The third-order valence-corrected chi connectivity index (χ3v) is 3.65. The van der Waals surface area contributed by atoms with Crippen LogP contribution in [0.2, 0.25) is 0 Å². The van der Waals surface area contributed by atoms with Gasteiger partial charge in [-0.25, -0.2) is 13.2 Å². The summed E-state index contributed by atoms with van der Waals surface area (Å²) in [7, 11) is 0. The van der Waals surface area contributed by atoms with Gasteiger partial charge in [0.05, 0.1) is 18.8 Å². The number of aryl methyl sites for hydroxylation is 1.